The lowest BCUT2D eigenvalue weighted by Crippen LogP contribution is -2.41. The summed E-state index contributed by atoms with van der Waals surface area (Å²) >= 11 is 1.43. The fourth-order valence-electron chi connectivity index (χ4n) is 2.30. The zero-order chi connectivity index (χ0) is 18.4. The molecule has 132 valence electrons. The molecule has 0 bridgehead atoms. The highest BCUT2D eigenvalue weighted by atomic mass is 32.1. The smallest absolute Gasteiger partial charge is 0.267 e. The Morgan fingerprint density at radius 3 is 2.32 bits per heavy atom. The van der Waals surface area contributed by atoms with Crippen LogP contribution in [0.3, 0.4) is 0 Å². The zero-order valence-electron chi connectivity index (χ0n) is 14.0. The number of carbonyl (C=O) groups excluding carboxylic acids is 2. The molecule has 0 unspecified atom stereocenters. The van der Waals surface area contributed by atoms with Gasteiger partial charge in [0.05, 0.1) is 9.80 Å². The van der Waals surface area contributed by atoms with Gasteiger partial charge in [-0.25, -0.2) is 0 Å². The molecule has 0 saturated carbocycles. The van der Waals surface area contributed by atoms with Gasteiger partial charge in [0.2, 0.25) is 0 Å². The van der Waals surface area contributed by atoms with Gasteiger partial charge in [0, 0.05) is 22.6 Å². The minimum atomic E-state index is -0.542. The highest BCUT2D eigenvalue weighted by Gasteiger charge is 2.15. The van der Waals surface area contributed by atoms with Gasteiger partial charge in [-0.1, -0.05) is 20.3 Å². The third kappa shape index (κ3) is 4.63. The van der Waals surface area contributed by atoms with Crippen molar-refractivity contribution < 1.29 is 14.5 Å². The van der Waals surface area contributed by atoms with Crippen molar-refractivity contribution in [1.29, 1.82) is 0 Å². The van der Waals surface area contributed by atoms with E-state index < -0.39 is 10.8 Å². The molecule has 2 amide bonds. The SMILES string of the molecule is CCCc1sc(C(=O)NNC(=O)c2ccc([N+](=O)[O-])cc2)cc1CC. The van der Waals surface area contributed by atoms with E-state index in [0.717, 1.165) is 24.8 Å². The molecule has 1 aromatic carbocycles. The number of hydrogen-bond acceptors (Lipinski definition) is 5. The molecular weight excluding hydrogens is 342 g/mol. The summed E-state index contributed by atoms with van der Waals surface area (Å²) in [5.74, 6) is -0.915. The first-order valence-corrected chi connectivity index (χ1v) is 8.74. The van der Waals surface area contributed by atoms with Gasteiger partial charge in [0.25, 0.3) is 17.5 Å². The summed E-state index contributed by atoms with van der Waals surface area (Å²) in [7, 11) is 0. The number of nitrogens with one attached hydrogen (secondary N) is 2. The number of carbonyl (C=O) groups is 2. The Bertz CT molecular complexity index is 784. The summed E-state index contributed by atoms with van der Waals surface area (Å²) in [5, 5.41) is 10.6. The summed E-state index contributed by atoms with van der Waals surface area (Å²) in [4.78, 5) is 36.0. The number of rotatable bonds is 6. The maximum Gasteiger partial charge on any atom is 0.279 e. The van der Waals surface area contributed by atoms with Gasteiger partial charge < -0.3 is 0 Å². The molecule has 0 fully saturated rings. The fourth-order valence-corrected chi connectivity index (χ4v) is 3.55. The van der Waals surface area contributed by atoms with Crippen molar-refractivity contribution in [2.75, 3.05) is 0 Å². The molecule has 0 aliphatic rings. The van der Waals surface area contributed by atoms with Crippen LogP contribution in [0.25, 0.3) is 0 Å². The van der Waals surface area contributed by atoms with Crippen LogP contribution in [-0.2, 0) is 12.8 Å². The topological polar surface area (TPSA) is 101 Å². The third-order valence-electron chi connectivity index (χ3n) is 3.61. The Balaban J connectivity index is 1.99. The molecule has 0 radical (unpaired) electrons. The summed E-state index contributed by atoms with van der Waals surface area (Å²) in [5.41, 5.74) is 5.97. The lowest BCUT2D eigenvalue weighted by atomic mass is 10.1. The molecule has 1 aromatic heterocycles. The van der Waals surface area contributed by atoms with Crippen molar-refractivity contribution in [2.24, 2.45) is 0 Å². The van der Waals surface area contributed by atoms with E-state index in [4.69, 9.17) is 0 Å². The van der Waals surface area contributed by atoms with Gasteiger partial charge in [0.15, 0.2) is 0 Å². The van der Waals surface area contributed by atoms with E-state index in [1.807, 2.05) is 13.0 Å². The van der Waals surface area contributed by atoms with Crippen LogP contribution in [0, 0.1) is 10.1 Å². The van der Waals surface area contributed by atoms with Crippen LogP contribution in [0.4, 0.5) is 5.69 Å². The fraction of sp³-hybridized carbons (Fsp3) is 0.294. The average molecular weight is 361 g/mol. The molecule has 2 rings (SSSR count). The number of hydrogen-bond donors (Lipinski definition) is 2. The number of nitrogens with zero attached hydrogens (tertiary/aromatic N) is 1. The van der Waals surface area contributed by atoms with Crippen LogP contribution in [0.1, 0.15) is 50.7 Å². The largest absolute Gasteiger partial charge is 0.279 e. The Labute approximate surface area is 149 Å². The number of non-ortho nitro benzene ring substituents is 1. The second kappa shape index (κ2) is 8.39. The molecule has 0 aliphatic heterocycles. The van der Waals surface area contributed by atoms with E-state index in [1.165, 1.54) is 40.5 Å². The second-order valence-corrected chi connectivity index (χ2v) is 6.51. The maximum absolute atomic E-state index is 12.2. The Kier molecular flexibility index (Phi) is 6.24. The Morgan fingerprint density at radius 1 is 1.12 bits per heavy atom. The predicted molar refractivity (Wildman–Crippen MR) is 95.7 cm³/mol. The van der Waals surface area contributed by atoms with E-state index in [0.29, 0.717) is 4.88 Å². The van der Waals surface area contributed by atoms with E-state index in [2.05, 4.69) is 17.8 Å². The number of benzene rings is 1. The lowest BCUT2D eigenvalue weighted by Gasteiger charge is -2.06. The summed E-state index contributed by atoms with van der Waals surface area (Å²) in [6.45, 7) is 4.13. The molecule has 2 aromatic rings. The molecule has 0 spiro atoms. The molecule has 2 N–H and O–H groups in total. The Morgan fingerprint density at radius 2 is 1.76 bits per heavy atom. The van der Waals surface area contributed by atoms with Crippen LogP contribution < -0.4 is 10.9 Å². The van der Waals surface area contributed by atoms with Gasteiger partial charge in [-0.2, -0.15) is 0 Å². The molecule has 1 heterocycles. The monoisotopic (exact) mass is 361 g/mol. The minimum Gasteiger partial charge on any atom is -0.267 e. The van der Waals surface area contributed by atoms with Crippen molar-refractivity contribution in [1.82, 2.24) is 10.9 Å². The predicted octanol–water partition coefficient (Wildman–Crippen LogP) is 3.25. The first-order valence-electron chi connectivity index (χ1n) is 7.93. The van der Waals surface area contributed by atoms with Crippen LogP contribution in [0.15, 0.2) is 30.3 Å². The van der Waals surface area contributed by atoms with Gasteiger partial charge >= 0.3 is 0 Å². The minimum absolute atomic E-state index is 0.102. The van der Waals surface area contributed by atoms with Crippen molar-refractivity contribution in [3.05, 3.63) is 61.3 Å². The summed E-state index contributed by atoms with van der Waals surface area (Å²) in [6, 6.07) is 6.99. The molecule has 0 saturated heterocycles. The molecular formula is C17H19N3O4S. The van der Waals surface area contributed by atoms with Crippen molar-refractivity contribution in [3.63, 3.8) is 0 Å². The summed E-state index contributed by atoms with van der Waals surface area (Å²) in [6.07, 6.45) is 2.79. The molecule has 25 heavy (non-hydrogen) atoms. The van der Waals surface area contributed by atoms with Crippen molar-refractivity contribution >= 4 is 28.8 Å². The van der Waals surface area contributed by atoms with E-state index in [-0.39, 0.29) is 17.2 Å². The number of hydrazine groups is 1. The first kappa shape index (κ1) is 18.6. The van der Waals surface area contributed by atoms with Crippen LogP contribution in [0.5, 0.6) is 0 Å². The number of thiophene rings is 1. The van der Waals surface area contributed by atoms with Gasteiger partial charge in [-0.15, -0.1) is 11.3 Å². The van der Waals surface area contributed by atoms with E-state index in [1.54, 1.807) is 0 Å². The second-order valence-electron chi connectivity index (χ2n) is 5.37. The van der Waals surface area contributed by atoms with Crippen LogP contribution in [0.2, 0.25) is 0 Å². The highest BCUT2D eigenvalue weighted by molar-refractivity contribution is 7.14. The molecule has 0 aliphatic carbocycles. The number of nitro groups is 1. The molecule has 0 atom stereocenters. The zero-order valence-corrected chi connectivity index (χ0v) is 14.8. The van der Waals surface area contributed by atoms with Crippen molar-refractivity contribution in [2.45, 2.75) is 33.1 Å². The van der Waals surface area contributed by atoms with Gasteiger partial charge in [0.1, 0.15) is 0 Å². The van der Waals surface area contributed by atoms with Gasteiger partial charge in [-0.3, -0.25) is 30.6 Å². The number of aryl methyl sites for hydroxylation is 2. The van der Waals surface area contributed by atoms with E-state index in [9.17, 15) is 19.7 Å². The van der Waals surface area contributed by atoms with E-state index >= 15 is 0 Å². The number of amides is 2. The summed E-state index contributed by atoms with van der Waals surface area (Å²) < 4.78 is 0. The van der Waals surface area contributed by atoms with Gasteiger partial charge in [-0.05, 0) is 36.6 Å². The Hall–Kier alpha value is -2.74. The van der Waals surface area contributed by atoms with Crippen LogP contribution >= 0.6 is 11.3 Å². The van der Waals surface area contributed by atoms with Crippen molar-refractivity contribution in [3.8, 4) is 0 Å². The maximum atomic E-state index is 12.2. The lowest BCUT2D eigenvalue weighted by molar-refractivity contribution is -0.384. The standard InChI is InChI=1S/C17H19N3O4S/c1-3-5-14-11(4-2)10-15(25-14)17(22)19-18-16(21)12-6-8-13(9-7-12)20(23)24/h6-10H,3-5H2,1-2H3,(H,18,21)(H,19,22). The third-order valence-corrected chi connectivity index (χ3v) is 4.84. The normalized spacial score (nSPS) is 10.3. The highest BCUT2D eigenvalue weighted by Crippen LogP contribution is 2.24. The average Bonchev–Trinajstić information content (AvgIpc) is 3.03. The first-order chi connectivity index (χ1) is 12.0. The molecule has 7 nitrogen and oxygen atoms in total. The quantitative estimate of drug-likeness (QED) is 0.609. The van der Waals surface area contributed by atoms with Crippen LogP contribution in [-0.4, -0.2) is 16.7 Å². The molecule has 8 heteroatoms. The number of nitro benzene ring substituents is 1.